The summed E-state index contributed by atoms with van der Waals surface area (Å²) in [7, 11) is -10.3. The topological polar surface area (TPSA) is 161 Å². The van der Waals surface area contributed by atoms with E-state index in [0.717, 1.165) is 0 Å². The van der Waals surface area contributed by atoms with Crippen LogP contribution < -0.4 is 51.4 Å². The van der Waals surface area contributed by atoms with Gasteiger partial charge in [-0.3, -0.25) is 16.8 Å². The number of hydrogen-bond acceptors (Lipinski definition) is 8. The number of rotatable bonds is 0. The minimum atomic E-state index is -5.17. The fourth-order valence-corrected chi connectivity index (χ4v) is 0. The van der Waals surface area contributed by atoms with Gasteiger partial charge in [0.25, 0.3) is 0 Å². The minimum Gasteiger partial charge on any atom is -0.759 e. The second-order valence-electron chi connectivity index (χ2n) is 0.816. The molecule has 0 aliphatic heterocycles. The summed E-state index contributed by atoms with van der Waals surface area (Å²) in [5.41, 5.74) is 0. The Kier molecular flexibility index (Phi) is 18.8. The molecule has 0 radical (unpaired) electrons. The van der Waals surface area contributed by atoms with Gasteiger partial charge < -0.3 is 18.2 Å². The first kappa shape index (κ1) is 23.7. The standard InChI is InChI=1S/K.2H2O4S.Rh/c;2*1-5(2,3)4;/h;2*(H2,1,2,3,4);/q+1;;;+3/p-4. The molecule has 0 N–H and O–H groups in total. The maximum Gasteiger partial charge on any atom is 3.00 e. The van der Waals surface area contributed by atoms with Crippen molar-refractivity contribution in [2.45, 2.75) is 0 Å². The van der Waals surface area contributed by atoms with Crippen LogP contribution in [0.4, 0.5) is 0 Å². The van der Waals surface area contributed by atoms with E-state index in [1.54, 1.807) is 0 Å². The Morgan fingerprint density at radius 2 is 0.667 bits per heavy atom. The average molecular weight is 334 g/mol. The summed E-state index contributed by atoms with van der Waals surface area (Å²) >= 11 is 0. The first-order valence-corrected chi connectivity index (χ1v) is 4.00. The Morgan fingerprint density at radius 1 is 0.667 bits per heavy atom. The van der Waals surface area contributed by atoms with Gasteiger partial charge in [0.1, 0.15) is 0 Å². The molecule has 0 aromatic rings. The average Bonchev–Trinajstić information content (AvgIpc) is 1.12. The maximum absolute atomic E-state index is 8.52. The third-order valence-electron chi connectivity index (χ3n) is 0. The Bertz CT molecular complexity index is 213. The Balaban J connectivity index is -0.0000000457. The van der Waals surface area contributed by atoms with Crippen LogP contribution >= 0.6 is 0 Å². The summed E-state index contributed by atoms with van der Waals surface area (Å²) in [6.45, 7) is 0. The molecule has 0 rings (SSSR count). The van der Waals surface area contributed by atoms with Gasteiger partial charge in [-0.1, -0.05) is 0 Å². The van der Waals surface area contributed by atoms with Crippen LogP contribution in [0.5, 0.6) is 0 Å². The monoisotopic (exact) mass is 334 g/mol. The van der Waals surface area contributed by atoms with Crippen LogP contribution in [0.2, 0.25) is 0 Å². The Morgan fingerprint density at radius 3 is 0.667 bits per heavy atom. The van der Waals surface area contributed by atoms with Crippen LogP contribution in [-0.4, -0.2) is 35.0 Å². The molecule has 0 saturated carbocycles. The van der Waals surface area contributed by atoms with Crippen molar-refractivity contribution in [1.82, 2.24) is 0 Å². The van der Waals surface area contributed by atoms with Crippen molar-refractivity contribution in [3.05, 3.63) is 0 Å². The van der Waals surface area contributed by atoms with E-state index >= 15 is 0 Å². The van der Waals surface area contributed by atoms with Crippen LogP contribution in [0.3, 0.4) is 0 Å². The zero-order chi connectivity index (χ0) is 9.00. The summed E-state index contributed by atoms with van der Waals surface area (Å²) in [5.74, 6) is 0. The summed E-state index contributed by atoms with van der Waals surface area (Å²) in [5, 5.41) is 0. The summed E-state index contributed by atoms with van der Waals surface area (Å²) in [6.07, 6.45) is 0. The minimum absolute atomic E-state index is 0. The van der Waals surface area contributed by atoms with Gasteiger partial charge in [-0.25, -0.2) is 0 Å². The van der Waals surface area contributed by atoms with Crippen LogP contribution in [-0.2, 0) is 40.3 Å². The van der Waals surface area contributed by atoms with E-state index in [4.69, 9.17) is 35.0 Å². The maximum atomic E-state index is 8.52. The SMILES string of the molecule is O=S(=O)([O-])[O-].O=S(=O)([O-])[O-].[K+].[Rh+3]. The molecule has 12 heavy (non-hydrogen) atoms. The van der Waals surface area contributed by atoms with E-state index in [2.05, 4.69) is 0 Å². The van der Waals surface area contributed by atoms with E-state index in [1.807, 2.05) is 0 Å². The first-order chi connectivity index (χ1) is 4.00. The molecule has 0 amide bonds. The third kappa shape index (κ3) is 363. The molecule has 0 bridgehead atoms. The van der Waals surface area contributed by atoms with E-state index in [1.165, 1.54) is 0 Å². The molecule has 0 atom stereocenters. The second kappa shape index (κ2) is 9.55. The molecule has 0 unspecified atom stereocenters. The van der Waals surface area contributed by atoms with Crippen LogP contribution in [0, 0.1) is 0 Å². The van der Waals surface area contributed by atoms with Crippen molar-refractivity contribution in [3.63, 3.8) is 0 Å². The van der Waals surface area contributed by atoms with Crippen LogP contribution in [0.1, 0.15) is 0 Å². The summed E-state index contributed by atoms with van der Waals surface area (Å²) < 4.78 is 68.2. The molecule has 0 spiro atoms. The normalized spacial score (nSPS) is 9.67. The molecule has 0 heterocycles. The molecular formula is KO8RhS2. The molecule has 70 valence electrons. The predicted molar refractivity (Wildman–Crippen MR) is 20.9 cm³/mol. The third-order valence-corrected chi connectivity index (χ3v) is 0. The van der Waals surface area contributed by atoms with Crippen molar-refractivity contribution in [1.29, 1.82) is 0 Å². The van der Waals surface area contributed by atoms with Gasteiger partial charge in [-0.2, -0.15) is 0 Å². The van der Waals surface area contributed by atoms with Crippen molar-refractivity contribution < 1.29 is 106 Å². The van der Waals surface area contributed by atoms with Crippen molar-refractivity contribution in [3.8, 4) is 0 Å². The van der Waals surface area contributed by atoms with Crippen LogP contribution in [0.15, 0.2) is 0 Å². The van der Waals surface area contributed by atoms with Gasteiger partial charge in [-0.05, 0) is 0 Å². The Hall–Kier alpha value is 2.00. The van der Waals surface area contributed by atoms with Crippen molar-refractivity contribution in [2.24, 2.45) is 0 Å². The van der Waals surface area contributed by atoms with E-state index < -0.39 is 20.8 Å². The van der Waals surface area contributed by atoms with Gasteiger partial charge in [0, 0.05) is 20.8 Å². The van der Waals surface area contributed by atoms with E-state index in [0.29, 0.717) is 0 Å². The van der Waals surface area contributed by atoms with Gasteiger partial charge in [0.05, 0.1) is 0 Å². The zero-order valence-electron chi connectivity index (χ0n) is 5.42. The van der Waals surface area contributed by atoms with E-state index in [9.17, 15) is 0 Å². The molecule has 0 aliphatic rings. The van der Waals surface area contributed by atoms with Gasteiger partial charge in [0.2, 0.25) is 0 Å². The molecule has 0 aromatic heterocycles. The van der Waals surface area contributed by atoms with Crippen molar-refractivity contribution in [2.75, 3.05) is 0 Å². The largest absolute Gasteiger partial charge is 3.00 e. The van der Waals surface area contributed by atoms with E-state index in [-0.39, 0.29) is 70.9 Å². The summed E-state index contributed by atoms with van der Waals surface area (Å²) in [6, 6.07) is 0. The molecule has 0 saturated heterocycles. The smallest absolute Gasteiger partial charge is 0.759 e. The molecule has 0 aromatic carbocycles. The molecule has 8 nitrogen and oxygen atoms in total. The van der Waals surface area contributed by atoms with Gasteiger partial charge in [0.15, 0.2) is 0 Å². The number of hydrogen-bond donors (Lipinski definition) is 0. The van der Waals surface area contributed by atoms with Gasteiger partial charge >= 0.3 is 70.9 Å². The Labute approximate surface area is 124 Å². The molecule has 0 fully saturated rings. The fourth-order valence-electron chi connectivity index (χ4n) is 0. The zero-order valence-corrected chi connectivity index (χ0v) is 11.8. The molecule has 0 aliphatic carbocycles. The molecular weight excluding hydrogens is 334 g/mol. The summed E-state index contributed by atoms with van der Waals surface area (Å²) in [4.78, 5) is 0. The fraction of sp³-hybridized carbons (Fsp3) is 0. The van der Waals surface area contributed by atoms with Crippen molar-refractivity contribution >= 4 is 20.8 Å². The molecule has 12 heteroatoms. The second-order valence-corrected chi connectivity index (χ2v) is 2.45. The van der Waals surface area contributed by atoms with Gasteiger partial charge in [-0.15, -0.1) is 0 Å². The predicted octanol–water partition coefficient (Wildman–Crippen LogP) is -5.67. The van der Waals surface area contributed by atoms with Crippen LogP contribution in [0.25, 0.3) is 0 Å². The first-order valence-electron chi connectivity index (χ1n) is 1.33. The quantitative estimate of drug-likeness (QED) is 0.240.